The molecule has 15 heavy (non-hydrogen) atoms. The van der Waals surface area contributed by atoms with Gasteiger partial charge in [0.1, 0.15) is 0 Å². The molecule has 0 fully saturated rings. The summed E-state index contributed by atoms with van der Waals surface area (Å²) < 4.78 is 1.20. The van der Waals surface area contributed by atoms with Crippen molar-refractivity contribution in [2.45, 2.75) is 20.0 Å². The van der Waals surface area contributed by atoms with Gasteiger partial charge in [0.2, 0.25) is 0 Å². The van der Waals surface area contributed by atoms with Crippen LogP contribution in [0.25, 0.3) is 0 Å². The van der Waals surface area contributed by atoms with Gasteiger partial charge in [-0.2, -0.15) is 11.3 Å². The molecule has 0 amide bonds. The van der Waals surface area contributed by atoms with Crippen LogP contribution in [0, 0.1) is 6.92 Å². The van der Waals surface area contributed by atoms with Gasteiger partial charge in [-0.15, -0.1) is 11.3 Å². The highest BCUT2D eigenvalue weighted by atomic mass is 79.9. The van der Waals surface area contributed by atoms with E-state index in [4.69, 9.17) is 0 Å². The van der Waals surface area contributed by atoms with Crippen molar-refractivity contribution in [1.82, 2.24) is 5.32 Å². The van der Waals surface area contributed by atoms with E-state index in [9.17, 15) is 0 Å². The number of aryl methyl sites for hydroxylation is 1. The van der Waals surface area contributed by atoms with Gasteiger partial charge in [0.05, 0.1) is 3.79 Å². The summed E-state index contributed by atoms with van der Waals surface area (Å²) >= 11 is 7.02. The van der Waals surface area contributed by atoms with Crippen LogP contribution in [0.5, 0.6) is 0 Å². The first-order valence-corrected chi connectivity index (χ1v) is 7.27. The molecule has 0 spiro atoms. The summed E-state index contributed by atoms with van der Waals surface area (Å²) in [7, 11) is 0. The van der Waals surface area contributed by atoms with Crippen LogP contribution < -0.4 is 5.32 Å². The molecule has 2 aromatic rings. The standard InChI is InChI=1S/C11H12BrNS2/c1-8-6-14-7-9(8)4-13-5-10-2-3-11(12)15-10/h2-3,6-7,13H,4-5H2,1H3. The largest absolute Gasteiger partial charge is 0.308 e. The van der Waals surface area contributed by atoms with E-state index in [2.05, 4.69) is 51.1 Å². The van der Waals surface area contributed by atoms with Crippen LogP contribution in [-0.4, -0.2) is 0 Å². The first-order valence-electron chi connectivity index (χ1n) is 4.72. The van der Waals surface area contributed by atoms with Crippen LogP contribution in [0.3, 0.4) is 0 Å². The van der Waals surface area contributed by atoms with Gasteiger partial charge in [0, 0.05) is 18.0 Å². The molecule has 0 aromatic carbocycles. The number of thiophene rings is 2. The van der Waals surface area contributed by atoms with Gasteiger partial charge in [-0.25, -0.2) is 0 Å². The number of nitrogens with one attached hydrogen (secondary N) is 1. The number of hydrogen-bond donors (Lipinski definition) is 1. The maximum Gasteiger partial charge on any atom is 0.0701 e. The lowest BCUT2D eigenvalue weighted by Gasteiger charge is -2.02. The predicted molar refractivity (Wildman–Crippen MR) is 71.6 cm³/mol. The molecule has 0 unspecified atom stereocenters. The minimum absolute atomic E-state index is 0.950. The molecular formula is C11H12BrNS2. The molecule has 0 radical (unpaired) electrons. The lowest BCUT2D eigenvalue weighted by atomic mass is 10.2. The lowest BCUT2D eigenvalue weighted by Crippen LogP contribution is -2.11. The Morgan fingerprint density at radius 1 is 1.27 bits per heavy atom. The zero-order valence-electron chi connectivity index (χ0n) is 8.42. The third-order valence-electron chi connectivity index (χ3n) is 2.21. The third-order valence-corrected chi connectivity index (χ3v) is 4.74. The van der Waals surface area contributed by atoms with E-state index in [0.717, 1.165) is 13.1 Å². The van der Waals surface area contributed by atoms with E-state index < -0.39 is 0 Å². The molecule has 2 rings (SSSR count). The van der Waals surface area contributed by atoms with Crippen LogP contribution in [-0.2, 0) is 13.1 Å². The molecule has 0 atom stereocenters. The summed E-state index contributed by atoms with van der Waals surface area (Å²) in [5.74, 6) is 0. The quantitative estimate of drug-likeness (QED) is 0.894. The van der Waals surface area contributed by atoms with Crippen molar-refractivity contribution in [3.8, 4) is 0 Å². The van der Waals surface area contributed by atoms with Gasteiger partial charge in [0.15, 0.2) is 0 Å². The van der Waals surface area contributed by atoms with Crippen LogP contribution in [0.4, 0.5) is 0 Å². The lowest BCUT2D eigenvalue weighted by molar-refractivity contribution is 0.700. The first-order chi connectivity index (χ1) is 7.25. The molecule has 1 nitrogen and oxygen atoms in total. The average Bonchev–Trinajstić information content (AvgIpc) is 2.77. The van der Waals surface area contributed by atoms with Crippen molar-refractivity contribution in [2.75, 3.05) is 0 Å². The topological polar surface area (TPSA) is 12.0 Å². The van der Waals surface area contributed by atoms with Crippen molar-refractivity contribution in [3.63, 3.8) is 0 Å². The molecule has 80 valence electrons. The van der Waals surface area contributed by atoms with Gasteiger partial charge in [0.25, 0.3) is 0 Å². The van der Waals surface area contributed by atoms with Gasteiger partial charge in [-0.1, -0.05) is 0 Å². The smallest absolute Gasteiger partial charge is 0.0701 e. The number of hydrogen-bond acceptors (Lipinski definition) is 3. The fraction of sp³-hybridized carbons (Fsp3) is 0.273. The molecule has 0 aliphatic carbocycles. The normalized spacial score (nSPS) is 10.8. The Hall–Kier alpha value is -0.160. The Morgan fingerprint density at radius 2 is 2.13 bits per heavy atom. The van der Waals surface area contributed by atoms with E-state index in [-0.39, 0.29) is 0 Å². The van der Waals surface area contributed by atoms with Gasteiger partial charge in [-0.3, -0.25) is 0 Å². The molecule has 1 N–H and O–H groups in total. The van der Waals surface area contributed by atoms with Crippen LogP contribution >= 0.6 is 38.6 Å². The van der Waals surface area contributed by atoms with E-state index in [1.54, 1.807) is 22.7 Å². The van der Waals surface area contributed by atoms with Crippen LogP contribution in [0.15, 0.2) is 26.7 Å². The minimum atomic E-state index is 0.950. The summed E-state index contributed by atoms with van der Waals surface area (Å²) in [6.45, 7) is 4.08. The second-order valence-electron chi connectivity index (χ2n) is 3.39. The Morgan fingerprint density at radius 3 is 2.73 bits per heavy atom. The Kier molecular flexibility index (Phi) is 3.97. The van der Waals surface area contributed by atoms with Crippen LogP contribution in [0.2, 0.25) is 0 Å². The Bertz CT molecular complexity index is 433. The summed E-state index contributed by atoms with van der Waals surface area (Å²) in [6, 6.07) is 4.25. The molecule has 0 saturated heterocycles. The maximum atomic E-state index is 3.47. The highest BCUT2D eigenvalue weighted by Crippen LogP contribution is 2.22. The molecule has 0 aliphatic heterocycles. The third kappa shape index (κ3) is 3.14. The molecule has 0 aliphatic rings. The molecule has 2 aromatic heterocycles. The van der Waals surface area contributed by atoms with Gasteiger partial charge >= 0.3 is 0 Å². The Labute approximate surface area is 106 Å². The highest BCUT2D eigenvalue weighted by Gasteiger charge is 2.00. The minimum Gasteiger partial charge on any atom is -0.308 e. The number of rotatable bonds is 4. The fourth-order valence-electron chi connectivity index (χ4n) is 1.34. The zero-order chi connectivity index (χ0) is 10.7. The molecular weight excluding hydrogens is 290 g/mol. The van der Waals surface area contributed by atoms with Crippen molar-refractivity contribution in [2.24, 2.45) is 0 Å². The van der Waals surface area contributed by atoms with Gasteiger partial charge < -0.3 is 5.32 Å². The second kappa shape index (κ2) is 5.25. The van der Waals surface area contributed by atoms with Gasteiger partial charge in [-0.05, 0) is 56.9 Å². The van der Waals surface area contributed by atoms with Crippen molar-refractivity contribution < 1.29 is 0 Å². The van der Waals surface area contributed by atoms with Crippen molar-refractivity contribution >= 4 is 38.6 Å². The summed E-state index contributed by atoms with van der Waals surface area (Å²) in [5, 5.41) is 7.86. The summed E-state index contributed by atoms with van der Waals surface area (Å²) in [6.07, 6.45) is 0. The summed E-state index contributed by atoms with van der Waals surface area (Å²) in [5.41, 5.74) is 2.80. The monoisotopic (exact) mass is 301 g/mol. The van der Waals surface area contributed by atoms with Crippen LogP contribution in [0.1, 0.15) is 16.0 Å². The van der Waals surface area contributed by atoms with E-state index in [1.165, 1.54) is 19.8 Å². The molecule has 2 heterocycles. The van der Waals surface area contributed by atoms with E-state index >= 15 is 0 Å². The maximum absolute atomic E-state index is 3.47. The number of halogens is 1. The Balaban J connectivity index is 1.83. The van der Waals surface area contributed by atoms with E-state index in [1.807, 2.05) is 0 Å². The molecule has 0 bridgehead atoms. The van der Waals surface area contributed by atoms with E-state index in [0.29, 0.717) is 0 Å². The first kappa shape index (κ1) is 11.3. The van der Waals surface area contributed by atoms with Crippen molar-refractivity contribution in [1.29, 1.82) is 0 Å². The second-order valence-corrected chi connectivity index (χ2v) is 6.68. The average molecular weight is 302 g/mol. The SMILES string of the molecule is Cc1cscc1CNCc1ccc(Br)s1. The zero-order valence-corrected chi connectivity index (χ0v) is 11.6. The predicted octanol–water partition coefficient (Wildman–Crippen LogP) is 4.17. The summed E-state index contributed by atoms with van der Waals surface area (Å²) in [4.78, 5) is 1.37. The highest BCUT2D eigenvalue weighted by molar-refractivity contribution is 9.11. The fourth-order valence-corrected chi connectivity index (χ4v) is 3.64. The molecule has 0 saturated carbocycles. The van der Waals surface area contributed by atoms with Crippen molar-refractivity contribution in [3.05, 3.63) is 42.7 Å². The molecule has 4 heteroatoms.